The second-order valence-corrected chi connectivity index (χ2v) is 4.82. The number of halogens is 1. The third-order valence-electron chi connectivity index (χ3n) is 3.32. The monoisotopic (exact) mass is 314 g/mol. The van der Waals surface area contributed by atoms with Gasteiger partial charge in [-0.25, -0.2) is 5.01 Å². The van der Waals surface area contributed by atoms with Crippen LogP contribution < -0.4 is 5.59 Å². The Morgan fingerprint density at radius 2 is 2.10 bits per heavy atom. The van der Waals surface area contributed by atoms with Gasteiger partial charge in [0.2, 0.25) is 0 Å². The first-order valence-electron chi connectivity index (χ1n) is 7.16. The molecule has 21 heavy (non-hydrogen) atoms. The number of rotatable bonds is 6. The zero-order chi connectivity index (χ0) is 14.2. The van der Waals surface area contributed by atoms with Gasteiger partial charge in [0.05, 0.1) is 13.2 Å². The van der Waals surface area contributed by atoms with Crippen molar-refractivity contribution in [2.75, 3.05) is 13.2 Å². The zero-order valence-electron chi connectivity index (χ0n) is 12.3. The number of carbonyl (C=O) groups excluding carboxylic acids is 1. The van der Waals surface area contributed by atoms with Gasteiger partial charge in [0, 0.05) is 6.54 Å². The molecule has 1 aromatic carbocycles. The average molecular weight is 315 g/mol. The lowest BCUT2D eigenvalue weighted by molar-refractivity contribution is -0.167. The van der Waals surface area contributed by atoms with E-state index in [1.807, 2.05) is 42.3 Å². The summed E-state index contributed by atoms with van der Waals surface area (Å²) in [6.45, 7) is 3.49. The molecule has 0 bridgehead atoms. The largest absolute Gasteiger partial charge is 0.465 e. The Labute approximate surface area is 131 Å². The smallest absolute Gasteiger partial charge is 0.324 e. The van der Waals surface area contributed by atoms with Gasteiger partial charge in [-0.2, -0.15) is 0 Å². The minimum Gasteiger partial charge on any atom is -0.465 e. The first-order valence-corrected chi connectivity index (χ1v) is 7.16. The van der Waals surface area contributed by atoms with E-state index in [4.69, 9.17) is 9.57 Å². The van der Waals surface area contributed by atoms with Crippen molar-refractivity contribution in [2.45, 2.75) is 38.8 Å². The van der Waals surface area contributed by atoms with Gasteiger partial charge in [-0.3, -0.25) is 9.63 Å². The van der Waals surface area contributed by atoms with Gasteiger partial charge in [-0.15, -0.1) is 18.0 Å². The summed E-state index contributed by atoms with van der Waals surface area (Å²) < 4.78 is 5.10. The van der Waals surface area contributed by atoms with Crippen molar-refractivity contribution in [1.82, 2.24) is 10.6 Å². The number of hydrogen-bond donors (Lipinski definition) is 1. The number of esters is 1. The van der Waals surface area contributed by atoms with E-state index in [2.05, 4.69) is 5.59 Å². The molecule has 6 heteroatoms. The third kappa shape index (κ3) is 5.63. The summed E-state index contributed by atoms with van der Waals surface area (Å²) in [6, 6.07) is 9.67. The Morgan fingerprint density at radius 3 is 2.81 bits per heavy atom. The number of nitrogens with zero attached hydrogens (tertiary/aromatic N) is 1. The molecule has 5 nitrogen and oxygen atoms in total. The van der Waals surface area contributed by atoms with E-state index in [1.165, 1.54) is 0 Å². The maximum Gasteiger partial charge on any atom is 0.324 e. The fourth-order valence-corrected chi connectivity index (χ4v) is 2.30. The Morgan fingerprint density at radius 1 is 1.33 bits per heavy atom. The van der Waals surface area contributed by atoms with Gasteiger partial charge in [-0.05, 0) is 31.7 Å². The summed E-state index contributed by atoms with van der Waals surface area (Å²) in [5, 5.41) is 1.84. The summed E-state index contributed by atoms with van der Waals surface area (Å²) in [5.74, 6) is -0.178. The van der Waals surface area contributed by atoms with E-state index in [1.54, 1.807) is 0 Å². The van der Waals surface area contributed by atoms with Crippen molar-refractivity contribution in [1.29, 1.82) is 0 Å². The topological polar surface area (TPSA) is 50.8 Å². The van der Waals surface area contributed by atoms with Crippen LogP contribution in [-0.4, -0.2) is 30.2 Å². The number of piperidine rings is 1. The third-order valence-corrected chi connectivity index (χ3v) is 3.32. The molecule has 1 aliphatic heterocycles. The molecule has 0 aliphatic carbocycles. The molecule has 0 radical (unpaired) electrons. The first-order chi connectivity index (χ1) is 9.81. The zero-order valence-corrected chi connectivity index (χ0v) is 13.1. The predicted octanol–water partition coefficient (Wildman–Crippen LogP) is 2.46. The van der Waals surface area contributed by atoms with Crippen LogP contribution in [0.3, 0.4) is 0 Å². The van der Waals surface area contributed by atoms with Crippen LogP contribution in [0.2, 0.25) is 0 Å². The summed E-state index contributed by atoms with van der Waals surface area (Å²) >= 11 is 0. The van der Waals surface area contributed by atoms with Crippen molar-refractivity contribution in [3.8, 4) is 0 Å². The van der Waals surface area contributed by atoms with Crippen LogP contribution in [-0.2, 0) is 21.0 Å². The molecule has 1 atom stereocenters. The van der Waals surface area contributed by atoms with Crippen molar-refractivity contribution in [3.05, 3.63) is 35.9 Å². The molecule has 1 N–H and O–H groups in total. The standard InChI is InChI=1S/C15H22N2O3.ClH/c1-2-19-15(18)14-10-6-7-11-17(14)16-20-12-13-8-4-3-5-9-13;/h3-5,8-9,14,16H,2,6-7,10-12H2,1H3;1H/t14-;/m0./s1. The minimum absolute atomic E-state index is 0. The van der Waals surface area contributed by atoms with Gasteiger partial charge in [0.1, 0.15) is 6.04 Å². The molecule has 1 fully saturated rings. The number of hydrogen-bond acceptors (Lipinski definition) is 5. The molecule has 1 aromatic rings. The van der Waals surface area contributed by atoms with Crippen LogP contribution in [0.25, 0.3) is 0 Å². The highest BCUT2D eigenvalue weighted by Gasteiger charge is 2.30. The second kappa shape index (κ2) is 9.73. The highest BCUT2D eigenvalue weighted by Crippen LogP contribution is 2.16. The highest BCUT2D eigenvalue weighted by molar-refractivity contribution is 5.85. The summed E-state index contributed by atoms with van der Waals surface area (Å²) in [6.07, 6.45) is 2.90. The van der Waals surface area contributed by atoms with Gasteiger partial charge in [0.15, 0.2) is 0 Å². The summed E-state index contributed by atoms with van der Waals surface area (Å²) in [5.41, 5.74) is 3.98. The van der Waals surface area contributed by atoms with E-state index in [-0.39, 0.29) is 24.4 Å². The minimum atomic E-state index is -0.250. The van der Waals surface area contributed by atoms with Crippen LogP contribution in [0, 0.1) is 0 Å². The number of carbonyl (C=O) groups is 1. The Bertz CT molecular complexity index is 417. The molecule has 2 rings (SSSR count). The fraction of sp³-hybridized carbons (Fsp3) is 0.533. The lowest BCUT2D eigenvalue weighted by Gasteiger charge is -2.33. The average Bonchev–Trinajstić information content (AvgIpc) is 2.49. The molecule has 0 spiro atoms. The molecule has 0 aromatic heterocycles. The molecule has 0 saturated carbocycles. The molecule has 0 unspecified atom stereocenters. The van der Waals surface area contributed by atoms with Crippen LogP contribution in [0.1, 0.15) is 31.7 Å². The molecular formula is C15H23ClN2O3. The molecule has 1 heterocycles. The SMILES string of the molecule is CCOC(=O)[C@@H]1CCCCN1NOCc1ccccc1.Cl. The molecule has 1 aliphatic rings. The predicted molar refractivity (Wildman–Crippen MR) is 82.6 cm³/mol. The lowest BCUT2D eigenvalue weighted by Crippen LogP contribution is -2.52. The van der Waals surface area contributed by atoms with Crippen LogP contribution in [0.4, 0.5) is 0 Å². The Balaban J connectivity index is 0.00000220. The molecule has 0 amide bonds. The van der Waals surface area contributed by atoms with Crippen molar-refractivity contribution >= 4 is 18.4 Å². The number of benzene rings is 1. The maximum absolute atomic E-state index is 11.9. The number of hydrazine groups is 1. The van der Waals surface area contributed by atoms with Crippen molar-refractivity contribution in [3.63, 3.8) is 0 Å². The van der Waals surface area contributed by atoms with Gasteiger partial charge in [0.25, 0.3) is 0 Å². The van der Waals surface area contributed by atoms with Gasteiger partial charge >= 0.3 is 5.97 Å². The van der Waals surface area contributed by atoms with E-state index in [9.17, 15) is 4.79 Å². The summed E-state index contributed by atoms with van der Waals surface area (Å²) in [4.78, 5) is 17.4. The summed E-state index contributed by atoms with van der Waals surface area (Å²) in [7, 11) is 0. The van der Waals surface area contributed by atoms with E-state index < -0.39 is 0 Å². The first kappa shape index (κ1) is 17.9. The van der Waals surface area contributed by atoms with Crippen LogP contribution >= 0.6 is 12.4 Å². The fourth-order valence-electron chi connectivity index (χ4n) is 2.30. The normalized spacial score (nSPS) is 18.8. The Kier molecular flexibility index (Phi) is 8.30. The van der Waals surface area contributed by atoms with Gasteiger partial charge in [-0.1, -0.05) is 30.3 Å². The second-order valence-electron chi connectivity index (χ2n) is 4.82. The number of ether oxygens (including phenoxy) is 1. The van der Waals surface area contributed by atoms with Crippen molar-refractivity contribution in [2.24, 2.45) is 0 Å². The van der Waals surface area contributed by atoms with Crippen LogP contribution in [0.15, 0.2) is 30.3 Å². The molecule has 1 saturated heterocycles. The quantitative estimate of drug-likeness (QED) is 0.646. The van der Waals surface area contributed by atoms with Crippen molar-refractivity contribution < 1.29 is 14.4 Å². The van der Waals surface area contributed by atoms with E-state index >= 15 is 0 Å². The highest BCUT2D eigenvalue weighted by atomic mass is 35.5. The molecular weight excluding hydrogens is 292 g/mol. The van der Waals surface area contributed by atoms with Gasteiger partial charge < -0.3 is 4.74 Å². The van der Waals surface area contributed by atoms with Crippen LogP contribution in [0.5, 0.6) is 0 Å². The van der Waals surface area contributed by atoms with E-state index in [0.29, 0.717) is 13.2 Å². The lowest BCUT2D eigenvalue weighted by atomic mass is 10.0. The molecule has 118 valence electrons. The number of nitrogens with one attached hydrogen (secondary N) is 1. The maximum atomic E-state index is 11.9. The Hall–Kier alpha value is -1.14. The van der Waals surface area contributed by atoms with E-state index in [0.717, 1.165) is 31.4 Å².